The molecule has 176 valence electrons. The number of nitro benzene ring substituents is 1. The van der Waals surface area contributed by atoms with Crippen LogP contribution in [0.2, 0.25) is 0 Å². The van der Waals surface area contributed by atoms with Crippen molar-refractivity contribution in [3.05, 3.63) is 129 Å². The first-order valence-corrected chi connectivity index (χ1v) is 10.9. The van der Waals surface area contributed by atoms with E-state index in [1.54, 1.807) is 30.3 Å². The molecule has 0 N–H and O–H groups in total. The molecule has 0 aliphatic rings. The summed E-state index contributed by atoms with van der Waals surface area (Å²) in [5, 5.41) is 10.8. The maximum Gasteiger partial charge on any atom is 0.338 e. The molecule has 7 heteroatoms. The number of rotatable bonds is 9. The van der Waals surface area contributed by atoms with Gasteiger partial charge in [0.2, 0.25) is 0 Å². The largest absolute Gasteiger partial charge is 0.489 e. The quantitative estimate of drug-likeness (QED) is 0.155. The van der Waals surface area contributed by atoms with Gasteiger partial charge in [-0.2, -0.15) is 0 Å². The third-order valence-electron chi connectivity index (χ3n) is 5.17. The molecule has 0 bridgehead atoms. The van der Waals surface area contributed by atoms with Gasteiger partial charge in [0.15, 0.2) is 0 Å². The van der Waals surface area contributed by atoms with Gasteiger partial charge in [0, 0.05) is 12.1 Å². The molecular weight excluding hydrogens is 446 g/mol. The minimum atomic E-state index is -0.467. The highest BCUT2D eigenvalue weighted by Crippen LogP contribution is 2.25. The summed E-state index contributed by atoms with van der Waals surface area (Å²) in [7, 11) is 0. The molecule has 35 heavy (non-hydrogen) atoms. The normalized spacial score (nSPS) is 10.4. The highest BCUT2D eigenvalue weighted by molar-refractivity contribution is 5.89. The Kier molecular flexibility index (Phi) is 7.37. The predicted molar refractivity (Wildman–Crippen MR) is 131 cm³/mol. The summed E-state index contributed by atoms with van der Waals surface area (Å²) in [6.45, 7) is 2.50. The second kappa shape index (κ2) is 11.0. The van der Waals surface area contributed by atoms with Crippen LogP contribution in [0, 0.1) is 17.0 Å². The molecule has 0 amide bonds. The van der Waals surface area contributed by atoms with Crippen molar-refractivity contribution in [3.8, 4) is 17.2 Å². The van der Waals surface area contributed by atoms with Crippen LogP contribution in [-0.2, 0) is 18.0 Å². The van der Waals surface area contributed by atoms with Crippen LogP contribution < -0.4 is 9.47 Å². The molecule has 0 unspecified atom stereocenters. The molecule has 4 aromatic rings. The first-order valence-electron chi connectivity index (χ1n) is 10.9. The molecule has 0 radical (unpaired) electrons. The number of carbonyl (C=O) groups is 1. The number of nitro groups is 1. The standard InChI is InChI=1S/C28H23NO6/c1-20-5-13-25(14-6-20)33-18-21-7-9-23(10-8-21)28(30)34-19-22-3-2-4-27(17-22)35-26-15-11-24(12-16-26)29(31)32/h2-17H,18-19H2,1H3. The predicted octanol–water partition coefficient (Wildman–Crippen LogP) is 6.63. The van der Waals surface area contributed by atoms with E-state index in [1.165, 1.54) is 29.8 Å². The summed E-state index contributed by atoms with van der Waals surface area (Å²) in [5.74, 6) is 1.36. The minimum Gasteiger partial charge on any atom is -0.489 e. The third kappa shape index (κ3) is 6.68. The summed E-state index contributed by atoms with van der Waals surface area (Å²) in [6, 6.07) is 27.8. The molecule has 0 atom stereocenters. The average molecular weight is 469 g/mol. The lowest BCUT2D eigenvalue weighted by atomic mass is 10.1. The molecule has 4 rings (SSSR count). The second-order valence-electron chi connectivity index (χ2n) is 7.88. The highest BCUT2D eigenvalue weighted by atomic mass is 16.6. The average Bonchev–Trinajstić information content (AvgIpc) is 2.88. The molecule has 0 fully saturated rings. The van der Waals surface area contributed by atoms with Crippen molar-refractivity contribution in [2.45, 2.75) is 20.1 Å². The minimum absolute atomic E-state index is 0.00941. The van der Waals surface area contributed by atoms with Gasteiger partial charge in [-0.25, -0.2) is 4.79 Å². The Bertz CT molecular complexity index is 1300. The first kappa shape index (κ1) is 23.5. The Morgan fingerprint density at radius 1 is 0.771 bits per heavy atom. The smallest absolute Gasteiger partial charge is 0.338 e. The topological polar surface area (TPSA) is 87.9 Å². The number of hydrogen-bond acceptors (Lipinski definition) is 6. The van der Waals surface area contributed by atoms with Crippen LogP contribution in [0.3, 0.4) is 0 Å². The van der Waals surface area contributed by atoms with E-state index < -0.39 is 10.9 Å². The number of non-ortho nitro benzene ring substituents is 1. The summed E-state index contributed by atoms with van der Waals surface area (Å²) in [6.07, 6.45) is 0. The van der Waals surface area contributed by atoms with Crippen molar-refractivity contribution >= 4 is 11.7 Å². The first-order chi connectivity index (χ1) is 17.0. The zero-order valence-corrected chi connectivity index (χ0v) is 19.0. The van der Waals surface area contributed by atoms with E-state index in [1.807, 2.05) is 49.4 Å². The molecule has 0 heterocycles. The van der Waals surface area contributed by atoms with Gasteiger partial charge in [-0.05, 0) is 66.6 Å². The number of ether oxygens (including phenoxy) is 3. The maximum atomic E-state index is 12.5. The fourth-order valence-corrected chi connectivity index (χ4v) is 3.24. The molecule has 0 spiro atoms. The van der Waals surface area contributed by atoms with Crippen LogP contribution in [0.5, 0.6) is 17.2 Å². The van der Waals surface area contributed by atoms with Gasteiger partial charge < -0.3 is 14.2 Å². The van der Waals surface area contributed by atoms with Crippen molar-refractivity contribution in [3.63, 3.8) is 0 Å². The van der Waals surface area contributed by atoms with Gasteiger partial charge in [-0.3, -0.25) is 10.1 Å². The molecule has 4 aromatic carbocycles. The molecule has 7 nitrogen and oxygen atoms in total. The van der Waals surface area contributed by atoms with Gasteiger partial charge in [0.25, 0.3) is 5.69 Å². The lowest BCUT2D eigenvalue weighted by molar-refractivity contribution is -0.384. The Labute approximate surface area is 202 Å². The Balaban J connectivity index is 1.29. The van der Waals surface area contributed by atoms with Crippen LogP contribution >= 0.6 is 0 Å². The van der Waals surface area contributed by atoms with Gasteiger partial charge in [0.05, 0.1) is 10.5 Å². The van der Waals surface area contributed by atoms with Crippen molar-refractivity contribution in [2.75, 3.05) is 0 Å². The van der Waals surface area contributed by atoms with Crippen LogP contribution in [0.15, 0.2) is 97.1 Å². The van der Waals surface area contributed by atoms with E-state index in [0.29, 0.717) is 23.7 Å². The Morgan fingerprint density at radius 3 is 2.14 bits per heavy atom. The van der Waals surface area contributed by atoms with Crippen molar-refractivity contribution < 1.29 is 23.9 Å². The van der Waals surface area contributed by atoms with Crippen LogP contribution in [0.25, 0.3) is 0 Å². The number of nitrogens with zero attached hydrogens (tertiary/aromatic N) is 1. The monoisotopic (exact) mass is 469 g/mol. The highest BCUT2D eigenvalue weighted by Gasteiger charge is 2.09. The Hall–Kier alpha value is -4.65. The van der Waals surface area contributed by atoms with E-state index in [4.69, 9.17) is 14.2 Å². The third-order valence-corrected chi connectivity index (χ3v) is 5.17. The van der Waals surface area contributed by atoms with Gasteiger partial charge in [0.1, 0.15) is 30.5 Å². The van der Waals surface area contributed by atoms with E-state index in [0.717, 1.165) is 16.9 Å². The molecular formula is C28H23NO6. The van der Waals surface area contributed by atoms with Crippen LogP contribution in [0.1, 0.15) is 27.0 Å². The number of hydrogen-bond donors (Lipinski definition) is 0. The van der Waals surface area contributed by atoms with Crippen LogP contribution in [-0.4, -0.2) is 10.9 Å². The van der Waals surface area contributed by atoms with E-state index in [9.17, 15) is 14.9 Å². The second-order valence-corrected chi connectivity index (χ2v) is 7.88. The Morgan fingerprint density at radius 2 is 1.46 bits per heavy atom. The maximum absolute atomic E-state index is 12.5. The van der Waals surface area contributed by atoms with E-state index in [2.05, 4.69) is 0 Å². The number of aryl methyl sites for hydroxylation is 1. The summed E-state index contributed by atoms with van der Waals surface area (Å²) >= 11 is 0. The number of carbonyl (C=O) groups excluding carboxylic acids is 1. The van der Waals surface area contributed by atoms with E-state index in [-0.39, 0.29) is 12.3 Å². The zero-order chi connectivity index (χ0) is 24.6. The lowest BCUT2D eigenvalue weighted by Crippen LogP contribution is -2.05. The van der Waals surface area contributed by atoms with E-state index >= 15 is 0 Å². The van der Waals surface area contributed by atoms with Crippen molar-refractivity contribution in [1.29, 1.82) is 0 Å². The summed E-state index contributed by atoms with van der Waals surface area (Å²) < 4.78 is 17.0. The van der Waals surface area contributed by atoms with Gasteiger partial charge in [-0.1, -0.05) is 42.0 Å². The molecule has 0 aromatic heterocycles. The number of esters is 1. The van der Waals surface area contributed by atoms with Crippen LogP contribution in [0.4, 0.5) is 5.69 Å². The molecule has 0 saturated carbocycles. The molecule has 0 saturated heterocycles. The lowest BCUT2D eigenvalue weighted by Gasteiger charge is -2.09. The van der Waals surface area contributed by atoms with Crippen molar-refractivity contribution in [1.82, 2.24) is 0 Å². The SMILES string of the molecule is Cc1ccc(OCc2ccc(C(=O)OCc3cccc(Oc4ccc([N+](=O)[O-])cc4)c3)cc2)cc1. The van der Waals surface area contributed by atoms with Gasteiger partial charge >= 0.3 is 5.97 Å². The van der Waals surface area contributed by atoms with Crippen molar-refractivity contribution in [2.24, 2.45) is 0 Å². The summed E-state index contributed by atoms with van der Waals surface area (Å²) in [4.78, 5) is 22.8. The summed E-state index contributed by atoms with van der Waals surface area (Å²) in [5.41, 5.74) is 3.30. The zero-order valence-electron chi connectivity index (χ0n) is 19.0. The fourth-order valence-electron chi connectivity index (χ4n) is 3.24. The van der Waals surface area contributed by atoms with Gasteiger partial charge in [-0.15, -0.1) is 0 Å². The molecule has 0 aliphatic carbocycles. The fraction of sp³-hybridized carbons (Fsp3) is 0.107. The molecule has 0 aliphatic heterocycles. The number of benzene rings is 4.